The monoisotopic (exact) mass is 304 g/mol. The lowest BCUT2D eigenvalue weighted by atomic mass is 9.71. The topological polar surface area (TPSA) is 86.7 Å². The van der Waals surface area contributed by atoms with Crippen LogP contribution in [0.2, 0.25) is 0 Å². The lowest BCUT2D eigenvalue weighted by molar-refractivity contribution is -0.152. The molecule has 2 saturated heterocycles. The molecule has 0 aromatic carbocycles. The highest BCUT2D eigenvalue weighted by molar-refractivity contribution is 7.88. The number of aliphatic carboxylic acids is 1. The van der Waals surface area contributed by atoms with Crippen LogP contribution in [0.3, 0.4) is 0 Å². The second-order valence-electron chi connectivity index (χ2n) is 6.17. The van der Waals surface area contributed by atoms with E-state index in [1.165, 1.54) is 10.6 Å². The Bertz CT molecular complexity index is 457. The Morgan fingerprint density at radius 3 is 2.60 bits per heavy atom. The summed E-state index contributed by atoms with van der Waals surface area (Å²) < 4.78 is 24.8. The molecule has 2 N–H and O–H groups in total. The van der Waals surface area contributed by atoms with Crippen LogP contribution in [0.4, 0.5) is 0 Å². The van der Waals surface area contributed by atoms with Gasteiger partial charge in [-0.2, -0.15) is 0 Å². The molecule has 1 atom stereocenters. The van der Waals surface area contributed by atoms with Gasteiger partial charge in [0.05, 0.1) is 11.7 Å². The number of carboxylic acid groups (broad SMARTS) is 1. The molecule has 0 aliphatic carbocycles. The molecule has 2 heterocycles. The molecule has 2 rings (SSSR count). The standard InChI is InChI=1S/C13H24N2O4S/c1-20(18,19)15-8-2-3-11(10-15)9-13(12(16)17)4-6-14-7-5-13/h11,14H,2-10H2,1H3,(H,16,17). The summed E-state index contributed by atoms with van der Waals surface area (Å²) in [6.07, 6.45) is 4.85. The van der Waals surface area contributed by atoms with E-state index in [4.69, 9.17) is 0 Å². The minimum atomic E-state index is -3.17. The second-order valence-corrected chi connectivity index (χ2v) is 8.15. The Kier molecular flexibility index (Phi) is 4.71. The Morgan fingerprint density at radius 2 is 2.05 bits per heavy atom. The number of nitrogens with zero attached hydrogens (tertiary/aromatic N) is 1. The van der Waals surface area contributed by atoms with Crippen molar-refractivity contribution in [2.24, 2.45) is 11.3 Å². The number of hydrogen-bond acceptors (Lipinski definition) is 4. The van der Waals surface area contributed by atoms with Gasteiger partial charge in [0, 0.05) is 13.1 Å². The summed E-state index contributed by atoms with van der Waals surface area (Å²) in [7, 11) is -3.17. The molecule has 6 nitrogen and oxygen atoms in total. The second kappa shape index (κ2) is 5.99. The summed E-state index contributed by atoms with van der Waals surface area (Å²) in [4.78, 5) is 11.7. The first-order valence-corrected chi connectivity index (χ1v) is 9.08. The van der Waals surface area contributed by atoms with Gasteiger partial charge in [-0.15, -0.1) is 0 Å². The Balaban J connectivity index is 2.05. The number of piperidine rings is 2. The van der Waals surface area contributed by atoms with E-state index in [1.807, 2.05) is 0 Å². The molecule has 116 valence electrons. The van der Waals surface area contributed by atoms with E-state index in [9.17, 15) is 18.3 Å². The van der Waals surface area contributed by atoms with Crippen LogP contribution in [-0.2, 0) is 14.8 Å². The van der Waals surface area contributed by atoms with Crippen molar-refractivity contribution in [3.05, 3.63) is 0 Å². The largest absolute Gasteiger partial charge is 0.481 e. The van der Waals surface area contributed by atoms with Crippen molar-refractivity contribution < 1.29 is 18.3 Å². The number of rotatable bonds is 4. The fraction of sp³-hybridized carbons (Fsp3) is 0.923. The minimum absolute atomic E-state index is 0.160. The van der Waals surface area contributed by atoms with Crippen molar-refractivity contribution in [1.82, 2.24) is 9.62 Å². The van der Waals surface area contributed by atoms with Crippen molar-refractivity contribution in [1.29, 1.82) is 0 Å². The molecule has 7 heteroatoms. The van der Waals surface area contributed by atoms with Gasteiger partial charge >= 0.3 is 5.97 Å². The fourth-order valence-electron chi connectivity index (χ4n) is 3.46. The van der Waals surface area contributed by atoms with Gasteiger partial charge in [-0.3, -0.25) is 4.79 Å². The van der Waals surface area contributed by atoms with Gasteiger partial charge in [-0.25, -0.2) is 12.7 Å². The van der Waals surface area contributed by atoms with Crippen LogP contribution < -0.4 is 5.32 Å². The van der Waals surface area contributed by atoms with Crippen LogP contribution in [0, 0.1) is 11.3 Å². The predicted octanol–water partition coefficient (Wildman–Crippen LogP) is 0.503. The lowest BCUT2D eigenvalue weighted by Gasteiger charge is -2.39. The summed E-state index contributed by atoms with van der Waals surface area (Å²) in [5, 5.41) is 12.8. The normalized spacial score (nSPS) is 28.1. The summed E-state index contributed by atoms with van der Waals surface area (Å²) in [6.45, 7) is 2.50. The van der Waals surface area contributed by atoms with E-state index in [-0.39, 0.29) is 5.92 Å². The van der Waals surface area contributed by atoms with Crippen molar-refractivity contribution >= 4 is 16.0 Å². The van der Waals surface area contributed by atoms with Gasteiger partial charge < -0.3 is 10.4 Å². The molecule has 0 amide bonds. The highest BCUT2D eigenvalue weighted by Crippen LogP contribution is 2.38. The molecule has 2 aliphatic rings. The van der Waals surface area contributed by atoms with Crippen LogP contribution in [0.25, 0.3) is 0 Å². The number of hydrogen-bond donors (Lipinski definition) is 2. The summed E-state index contributed by atoms with van der Waals surface area (Å²) in [6, 6.07) is 0. The van der Waals surface area contributed by atoms with E-state index in [1.54, 1.807) is 0 Å². The van der Waals surface area contributed by atoms with Crippen LogP contribution in [0.5, 0.6) is 0 Å². The molecule has 0 radical (unpaired) electrons. The summed E-state index contributed by atoms with van der Waals surface area (Å²) in [5.41, 5.74) is -0.670. The number of carbonyl (C=O) groups is 1. The van der Waals surface area contributed by atoms with Crippen LogP contribution >= 0.6 is 0 Å². The average molecular weight is 304 g/mol. The quantitative estimate of drug-likeness (QED) is 0.790. The zero-order valence-corrected chi connectivity index (χ0v) is 12.8. The van der Waals surface area contributed by atoms with Gasteiger partial charge in [-0.1, -0.05) is 0 Å². The van der Waals surface area contributed by atoms with Crippen molar-refractivity contribution in [2.45, 2.75) is 32.1 Å². The molecule has 20 heavy (non-hydrogen) atoms. The first-order valence-electron chi connectivity index (χ1n) is 7.23. The Labute approximate surface area is 120 Å². The molecule has 0 aromatic heterocycles. The van der Waals surface area contributed by atoms with Crippen molar-refractivity contribution in [3.63, 3.8) is 0 Å². The highest BCUT2D eigenvalue weighted by atomic mass is 32.2. The highest BCUT2D eigenvalue weighted by Gasteiger charge is 2.42. The zero-order valence-electron chi connectivity index (χ0n) is 12.0. The van der Waals surface area contributed by atoms with Gasteiger partial charge in [0.25, 0.3) is 0 Å². The fourth-order valence-corrected chi connectivity index (χ4v) is 4.40. The third kappa shape index (κ3) is 3.51. The number of sulfonamides is 1. The average Bonchev–Trinajstić information content (AvgIpc) is 2.39. The maximum absolute atomic E-state index is 11.7. The maximum Gasteiger partial charge on any atom is 0.309 e. The van der Waals surface area contributed by atoms with Crippen molar-refractivity contribution in [3.8, 4) is 0 Å². The molecular formula is C13H24N2O4S. The van der Waals surface area contributed by atoms with Crippen LogP contribution in [-0.4, -0.2) is 56.2 Å². The lowest BCUT2D eigenvalue weighted by Crippen LogP contribution is -2.46. The van der Waals surface area contributed by atoms with Crippen molar-refractivity contribution in [2.75, 3.05) is 32.4 Å². The Morgan fingerprint density at radius 1 is 1.40 bits per heavy atom. The SMILES string of the molecule is CS(=O)(=O)N1CCCC(CC2(C(=O)O)CCNCC2)C1. The van der Waals surface area contributed by atoms with Gasteiger partial charge in [0.2, 0.25) is 10.0 Å². The maximum atomic E-state index is 11.7. The molecule has 0 spiro atoms. The zero-order chi connectivity index (χ0) is 14.8. The minimum Gasteiger partial charge on any atom is -0.481 e. The van der Waals surface area contributed by atoms with E-state index in [0.29, 0.717) is 32.4 Å². The Hall–Kier alpha value is -0.660. The summed E-state index contributed by atoms with van der Waals surface area (Å²) in [5.74, 6) is -0.567. The molecule has 2 fully saturated rings. The smallest absolute Gasteiger partial charge is 0.309 e. The molecule has 1 unspecified atom stereocenters. The molecule has 0 bridgehead atoms. The van der Waals surface area contributed by atoms with Gasteiger partial charge in [0.15, 0.2) is 0 Å². The van der Waals surface area contributed by atoms with Gasteiger partial charge in [0.1, 0.15) is 0 Å². The molecule has 0 saturated carbocycles. The third-order valence-corrected chi connectivity index (χ3v) is 5.91. The number of nitrogens with one attached hydrogen (secondary N) is 1. The predicted molar refractivity (Wildman–Crippen MR) is 75.9 cm³/mol. The third-order valence-electron chi connectivity index (χ3n) is 4.64. The van der Waals surface area contributed by atoms with E-state index in [0.717, 1.165) is 25.9 Å². The molecule has 0 aromatic rings. The number of carboxylic acids is 1. The first kappa shape index (κ1) is 15.7. The van der Waals surface area contributed by atoms with E-state index >= 15 is 0 Å². The van der Waals surface area contributed by atoms with Crippen LogP contribution in [0.1, 0.15) is 32.1 Å². The van der Waals surface area contributed by atoms with E-state index in [2.05, 4.69) is 5.32 Å². The first-order chi connectivity index (χ1) is 9.33. The molecule has 2 aliphatic heterocycles. The van der Waals surface area contributed by atoms with Crippen LogP contribution in [0.15, 0.2) is 0 Å². The van der Waals surface area contributed by atoms with Gasteiger partial charge in [-0.05, 0) is 51.1 Å². The molecular weight excluding hydrogens is 280 g/mol. The van der Waals surface area contributed by atoms with E-state index < -0.39 is 21.4 Å². The summed E-state index contributed by atoms with van der Waals surface area (Å²) >= 11 is 0.